The molecule has 4 heteroatoms. The zero-order valence-electron chi connectivity index (χ0n) is 18.9. The van der Waals surface area contributed by atoms with E-state index in [1.807, 2.05) is 0 Å². The highest BCUT2D eigenvalue weighted by atomic mass is 16.5. The molecule has 0 aliphatic carbocycles. The normalized spacial score (nSPS) is 15.2. The smallest absolute Gasteiger partial charge is 0.100 e. The van der Waals surface area contributed by atoms with Crippen LogP contribution in [0.3, 0.4) is 0 Å². The molecule has 0 unspecified atom stereocenters. The van der Waals surface area contributed by atoms with Crippen LogP contribution in [0.4, 0.5) is 0 Å². The van der Waals surface area contributed by atoms with Gasteiger partial charge in [-0.25, -0.2) is 0 Å². The first kappa shape index (κ1) is 28.3. The molecule has 0 saturated heterocycles. The lowest BCUT2D eigenvalue weighted by Gasteiger charge is -2.15. The summed E-state index contributed by atoms with van der Waals surface area (Å²) in [6, 6.07) is 0. The summed E-state index contributed by atoms with van der Waals surface area (Å²) < 4.78 is 10.7. The molecule has 0 bridgehead atoms. The zero-order valence-corrected chi connectivity index (χ0v) is 18.9. The Labute approximate surface area is 184 Å². The lowest BCUT2D eigenvalue weighted by molar-refractivity contribution is -0.0345. The van der Waals surface area contributed by atoms with Gasteiger partial charge in [0.2, 0.25) is 0 Å². The van der Waals surface area contributed by atoms with Gasteiger partial charge in [-0.15, -0.1) is 0 Å². The quantitative estimate of drug-likeness (QED) is 0.274. The first-order valence-corrected chi connectivity index (χ1v) is 11.0. The van der Waals surface area contributed by atoms with Gasteiger partial charge >= 0.3 is 0 Å². The van der Waals surface area contributed by atoms with E-state index in [9.17, 15) is 5.11 Å². The summed E-state index contributed by atoms with van der Waals surface area (Å²) in [5.74, 6) is 0. The molecular weight excluding hydrogens is 376 g/mol. The minimum atomic E-state index is -0.826. The van der Waals surface area contributed by atoms with Crippen LogP contribution in [0, 0.1) is 0 Å². The third kappa shape index (κ3) is 21.0. The number of methoxy groups -OCH3 is 1. The first-order chi connectivity index (χ1) is 14.7. The van der Waals surface area contributed by atoms with Crippen LogP contribution in [0.1, 0.15) is 51.9 Å². The van der Waals surface area contributed by atoms with Crippen LogP contribution in [0.25, 0.3) is 0 Å². The minimum Gasteiger partial charge on any atom is -0.394 e. The molecule has 170 valence electrons. The predicted molar refractivity (Wildman–Crippen MR) is 128 cm³/mol. The Morgan fingerprint density at radius 3 is 1.50 bits per heavy atom. The average molecular weight is 419 g/mol. The lowest BCUT2D eigenvalue weighted by atomic mass is 10.2. The SMILES string of the molecule is CC/C=C\C/C=C\C/C=C\C/C=C\C/C=C\C/C=C\C[C@H](COC[C@@H](O)CO)OC. The van der Waals surface area contributed by atoms with Crippen molar-refractivity contribution >= 4 is 0 Å². The van der Waals surface area contributed by atoms with Gasteiger partial charge in [0.05, 0.1) is 25.9 Å². The highest BCUT2D eigenvalue weighted by molar-refractivity contribution is 5.01. The van der Waals surface area contributed by atoms with Crippen molar-refractivity contribution in [3.05, 3.63) is 72.9 Å². The minimum absolute atomic E-state index is 0.0412. The third-order valence-corrected chi connectivity index (χ3v) is 4.15. The summed E-state index contributed by atoms with van der Waals surface area (Å²) in [5.41, 5.74) is 0. The fraction of sp³-hybridized carbons (Fsp3) is 0.538. The topological polar surface area (TPSA) is 58.9 Å². The van der Waals surface area contributed by atoms with E-state index in [1.54, 1.807) is 7.11 Å². The maximum absolute atomic E-state index is 9.23. The third-order valence-electron chi connectivity index (χ3n) is 4.15. The van der Waals surface area contributed by atoms with E-state index in [1.165, 1.54) is 0 Å². The molecule has 0 aromatic carbocycles. The van der Waals surface area contributed by atoms with E-state index in [0.29, 0.717) is 6.61 Å². The summed E-state index contributed by atoms with van der Waals surface area (Å²) in [5, 5.41) is 18.0. The molecule has 2 atom stereocenters. The van der Waals surface area contributed by atoms with Crippen molar-refractivity contribution in [3.63, 3.8) is 0 Å². The first-order valence-electron chi connectivity index (χ1n) is 11.0. The molecule has 2 N–H and O–H groups in total. The number of aliphatic hydroxyl groups excluding tert-OH is 2. The second-order valence-corrected chi connectivity index (χ2v) is 6.88. The second kappa shape index (κ2) is 23.6. The molecule has 4 nitrogen and oxygen atoms in total. The Morgan fingerprint density at radius 1 is 0.667 bits per heavy atom. The molecule has 0 aliphatic rings. The monoisotopic (exact) mass is 418 g/mol. The largest absolute Gasteiger partial charge is 0.394 e. The van der Waals surface area contributed by atoms with Crippen molar-refractivity contribution in [3.8, 4) is 0 Å². The number of rotatable bonds is 19. The molecule has 30 heavy (non-hydrogen) atoms. The van der Waals surface area contributed by atoms with Gasteiger partial charge in [-0.05, 0) is 44.9 Å². The van der Waals surface area contributed by atoms with E-state index in [0.717, 1.165) is 44.9 Å². The van der Waals surface area contributed by atoms with Crippen LogP contribution >= 0.6 is 0 Å². The Bertz CT molecular complexity index is 529. The van der Waals surface area contributed by atoms with Gasteiger partial charge in [-0.1, -0.05) is 79.8 Å². The van der Waals surface area contributed by atoms with Crippen LogP contribution in [0.2, 0.25) is 0 Å². The maximum atomic E-state index is 9.23. The Hall–Kier alpha value is -1.72. The van der Waals surface area contributed by atoms with Crippen molar-refractivity contribution < 1.29 is 19.7 Å². The van der Waals surface area contributed by atoms with Crippen molar-refractivity contribution in [1.82, 2.24) is 0 Å². The summed E-state index contributed by atoms with van der Waals surface area (Å²) in [4.78, 5) is 0. The van der Waals surface area contributed by atoms with Crippen LogP contribution in [0.5, 0.6) is 0 Å². The van der Waals surface area contributed by atoms with Gasteiger partial charge in [-0.2, -0.15) is 0 Å². The molecule has 0 saturated carbocycles. The number of ether oxygens (including phenoxy) is 2. The van der Waals surface area contributed by atoms with E-state index in [-0.39, 0.29) is 19.3 Å². The van der Waals surface area contributed by atoms with Crippen molar-refractivity contribution in [2.75, 3.05) is 26.9 Å². The fourth-order valence-electron chi connectivity index (χ4n) is 2.39. The Balaban J connectivity index is 3.70. The maximum Gasteiger partial charge on any atom is 0.100 e. The van der Waals surface area contributed by atoms with Crippen LogP contribution in [0.15, 0.2) is 72.9 Å². The molecule has 0 rings (SSSR count). The molecule has 0 amide bonds. The summed E-state index contributed by atoms with van der Waals surface area (Å²) in [6.45, 7) is 2.39. The van der Waals surface area contributed by atoms with Gasteiger partial charge in [0, 0.05) is 7.11 Å². The summed E-state index contributed by atoms with van der Waals surface area (Å²) >= 11 is 0. The van der Waals surface area contributed by atoms with E-state index in [2.05, 4.69) is 79.8 Å². The summed E-state index contributed by atoms with van der Waals surface area (Å²) in [7, 11) is 1.65. The lowest BCUT2D eigenvalue weighted by Crippen LogP contribution is -2.24. The molecule has 0 heterocycles. The zero-order chi connectivity index (χ0) is 22.1. The van der Waals surface area contributed by atoms with Gasteiger partial charge in [0.25, 0.3) is 0 Å². The molecule has 0 aliphatic heterocycles. The Morgan fingerprint density at radius 2 is 1.10 bits per heavy atom. The van der Waals surface area contributed by atoms with E-state index in [4.69, 9.17) is 14.6 Å². The highest BCUT2D eigenvalue weighted by Crippen LogP contribution is 2.02. The molecule has 0 spiro atoms. The highest BCUT2D eigenvalue weighted by Gasteiger charge is 2.07. The molecular formula is C26H42O4. The average Bonchev–Trinajstić information content (AvgIpc) is 2.76. The second-order valence-electron chi connectivity index (χ2n) is 6.88. The van der Waals surface area contributed by atoms with Gasteiger partial charge in [-0.3, -0.25) is 0 Å². The predicted octanol–water partition coefficient (Wildman–Crippen LogP) is 5.46. The standard InChI is InChI=1S/C26H42O4/c1-3-4-5-6-7-8-9-10-11-12-13-14-15-16-17-18-19-20-21-26(29-2)24-30-23-25(28)22-27/h4-5,7-8,10-11,13-14,16-17,19-20,25-28H,3,6,9,12,15,18,21-24H2,1-2H3/b5-4-,8-7-,11-10-,14-13-,17-16-,20-19-/t25-,26+/m0/s1. The van der Waals surface area contributed by atoms with E-state index >= 15 is 0 Å². The Kier molecular flexibility index (Phi) is 22.2. The van der Waals surface area contributed by atoms with Crippen LogP contribution < -0.4 is 0 Å². The molecule has 0 radical (unpaired) electrons. The molecule has 0 aromatic heterocycles. The molecule has 0 fully saturated rings. The fourth-order valence-corrected chi connectivity index (χ4v) is 2.39. The van der Waals surface area contributed by atoms with Crippen LogP contribution in [-0.4, -0.2) is 49.4 Å². The number of allylic oxidation sites excluding steroid dienone is 11. The van der Waals surface area contributed by atoms with Gasteiger partial charge in [0.1, 0.15) is 6.10 Å². The van der Waals surface area contributed by atoms with Gasteiger partial charge in [0.15, 0.2) is 0 Å². The number of hydrogen-bond acceptors (Lipinski definition) is 4. The molecule has 0 aromatic rings. The number of hydrogen-bond donors (Lipinski definition) is 2. The van der Waals surface area contributed by atoms with Crippen molar-refractivity contribution in [2.45, 2.75) is 64.1 Å². The summed E-state index contributed by atoms with van der Waals surface area (Å²) in [6.07, 6.45) is 32.0. The number of aliphatic hydroxyl groups is 2. The van der Waals surface area contributed by atoms with Gasteiger partial charge < -0.3 is 19.7 Å². The van der Waals surface area contributed by atoms with Crippen molar-refractivity contribution in [1.29, 1.82) is 0 Å². The van der Waals surface area contributed by atoms with Crippen molar-refractivity contribution in [2.24, 2.45) is 0 Å². The van der Waals surface area contributed by atoms with E-state index < -0.39 is 6.10 Å². The van der Waals surface area contributed by atoms with Crippen LogP contribution in [-0.2, 0) is 9.47 Å².